The quantitative estimate of drug-likeness (QED) is 0.0957. The Morgan fingerprint density at radius 2 is 0.371 bits per heavy atom. The van der Waals surface area contributed by atoms with Crippen LogP contribution >= 0.6 is 0 Å². The molecule has 352 valence electrons. The van der Waals surface area contributed by atoms with Crippen LogP contribution in [0.1, 0.15) is 70.2 Å². The van der Waals surface area contributed by atoms with Gasteiger partial charge in [0.05, 0.1) is 0 Å². The van der Waals surface area contributed by atoms with Crippen LogP contribution in [0.4, 0.5) is 0 Å². The highest BCUT2D eigenvalue weighted by molar-refractivity contribution is 5.46. The summed E-state index contributed by atoms with van der Waals surface area (Å²) in [6, 6.07) is 75.4. The molecule has 4 atom stereocenters. The van der Waals surface area contributed by atoms with Crippen molar-refractivity contribution in [3.8, 4) is 0 Å². The molecule has 4 unspecified atom stereocenters. The topological polar surface area (TPSA) is 118 Å². The average Bonchev–Trinajstić information content (AvgIpc) is 4.03. The predicted octanol–water partition coefficient (Wildman–Crippen LogP) is 10.3. The van der Waals surface area contributed by atoms with Crippen LogP contribution in [0.15, 0.2) is 243 Å². The van der Waals surface area contributed by atoms with Gasteiger partial charge in [0, 0.05) is 25.7 Å². The molecule has 8 aromatic rings. The first kappa shape index (κ1) is 45.9. The summed E-state index contributed by atoms with van der Waals surface area (Å²) in [6.07, 6.45) is -3.91. The van der Waals surface area contributed by atoms with E-state index in [4.69, 9.17) is 18.9 Å². The minimum Gasteiger partial charge on any atom is -0.378 e. The Bertz CT molecular complexity index is 2390. The lowest BCUT2D eigenvalue weighted by atomic mass is 9.72. The Kier molecular flexibility index (Phi) is 12.0. The third-order valence-corrected chi connectivity index (χ3v) is 15.0. The molecule has 8 nitrogen and oxygen atoms in total. The van der Waals surface area contributed by atoms with E-state index in [1.165, 1.54) is 0 Å². The summed E-state index contributed by atoms with van der Waals surface area (Å²) in [5.41, 5.74) is -2.74. The van der Waals surface area contributed by atoms with E-state index in [0.717, 1.165) is 0 Å². The van der Waals surface area contributed by atoms with Gasteiger partial charge in [0.2, 0.25) is 0 Å². The molecule has 2 heterocycles. The molecule has 11 rings (SSSR count). The Labute approximate surface area is 409 Å². The van der Waals surface area contributed by atoms with E-state index < -0.39 is 58.4 Å². The first-order valence-corrected chi connectivity index (χ1v) is 24.2. The van der Waals surface area contributed by atoms with Crippen LogP contribution in [0, 0.1) is 0 Å². The second-order valence-corrected chi connectivity index (χ2v) is 19.0. The van der Waals surface area contributed by atoms with Crippen LogP contribution in [-0.4, -0.2) is 56.4 Å². The lowest BCUT2D eigenvalue weighted by molar-refractivity contribution is -0.278. The number of hydrogen-bond donors (Lipinski definition) is 4. The summed E-state index contributed by atoms with van der Waals surface area (Å²) < 4.78 is 29.6. The fourth-order valence-electron chi connectivity index (χ4n) is 11.4. The number of hydrogen-bond acceptors (Lipinski definition) is 8. The van der Waals surface area contributed by atoms with Crippen molar-refractivity contribution in [2.24, 2.45) is 0 Å². The average molecular weight is 929 g/mol. The minimum atomic E-state index is -1.83. The number of ether oxygens (including phenoxy) is 4. The molecule has 8 aromatic carbocycles. The fraction of sp³-hybridized carbons (Fsp3) is 0.226. The molecule has 0 radical (unpaired) electrons. The fourth-order valence-corrected chi connectivity index (χ4v) is 11.4. The Hall–Kier alpha value is -6.56. The van der Waals surface area contributed by atoms with Crippen molar-refractivity contribution in [3.63, 3.8) is 0 Å². The number of rotatable bonds is 12. The number of benzene rings is 8. The normalized spacial score (nSPS) is 23.9. The van der Waals surface area contributed by atoms with E-state index in [1.54, 1.807) is 0 Å². The summed E-state index contributed by atoms with van der Waals surface area (Å²) in [4.78, 5) is 0. The first-order chi connectivity index (χ1) is 34.1. The molecule has 4 N–H and O–H groups in total. The van der Waals surface area contributed by atoms with Gasteiger partial charge in [-0.2, -0.15) is 0 Å². The maximum atomic E-state index is 13.7. The molecule has 0 aromatic heterocycles. The SMILES string of the molecule is OC(c1ccccc1)(c1ccccc1)C1OC2(CCC3(CC2)OC(C(O)(c2ccccc2)c2ccccc2)C(C(O)(c2ccccc2)c2ccccc2)O3)OC1C(O)(c1ccccc1)c1ccccc1. The molecular formula is C62H56O8. The molecule has 1 saturated carbocycles. The maximum absolute atomic E-state index is 13.7. The van der Waals surface area contributed by atoms with Crippen molar-refractivity contribution >= 4 is 0 Å². The van der Waals surface area contributed by atoms with Gasteiger partial charge in [0.25, 0.3) is 0 Å². The lowest BCUT2D eigenvalue weighted by Crippen LogP contribution is -2.54. The largest absolute Gasteiger partial charge is 0.378 e. The van der Waals surface area contributed by atoms with Gasteiger partial charge in [0.15, 0.2) is 11.6 Å². The van der Waals surface area contributed by atoms with Crippen LogP contribution in [0.3, 0.4) is 0 Å². The highest BCUT2D eigenvalue weighted by Crippen LogP contribution is 2.59. The van der Waals surface area contributed by atoms with Crippen molar-refractivity contribution in [1.82, 2.24) is 0 Å². The van der Waals surface area contributed by atoms with Crippen molar-refractivity contribution in [2.45, 2.75) is 84.1 Å². The zero-order chi connectivity index (χ0) is 47.9. The van der Waals surface area contributed by atoms with Gasteiger partial charge < -0.3 is 39.4 Å². The predicted molar refractivity (Wildman–Crippen MR) is 267 cm³/mol. The van der Waals surface area contributed by atoms with Gasteiger partial charge in [-0.25, -0.2) is 0 Å². The van der Waals surface area contributed by atoms with E-state index in [-0.39, 0.29) is 25.7 Å². The highest BCUT2D eigenvalue weighted by Gasteiger charge is 2.68. The van der Waals surface area contributed by atoms with Gasteiger partial charge in [0.1, 0.15) is 46.8 Å². The summed E-state index contributed by atoms with van der Waals surface area (Å²) in [5.74, 6) is -2.75. The molecule has 8 heteroatoms. The van der Waals surface area contributed by atoms with Gasteiger partial charge >= 0.3 is 0 Å². The molecule has 1 aliphatic carbocycles. The zero-order valence-corrected chi connectivity index (χ0v) is 38.7. The molecule has 2 saturated heterocycles. The van der Waals surface area contributed by atoms with E-state index in [9.17, 15) is 20.4 Å². The van der Waals surface area contributed by atoms with E-state index in [0.29, 0.717) is 44.5 Å². The minimum absolute atomic E-state index is 0.197. The smallest absolute Gasteiger partial charge is 0.170 e. The first-order valence-electron chi connectivity index (χ1n) is 24.2. The number of aliphatic hydroxyl groups is 4. The molecular weight excluding hydrogens is 873 g/mol. The lowest BCUT2D eigenvalue weighted by Gasteiger charge is -2.42. The van der Waals surface area contributed by atoms with E-state index in [1.807, 2.05) is 243 Å². The van der Waals surface area contributed by atoms with E-state index >= 15 is 0 Å². The second kappa shape index (κ2) is 18.3. The van der Waals surface area contributed by atoms with Crippen LogP contribution in [0.5, 0.6) is 0 Å². The highest BCUT2D eigenvalue weighted by atomic mass is 16.8. The molecule has 2 aliphatic heterocycles. The molecule has 2 spiro atoms. The standard InChI is InChI=1S/C62H56O8/c63-59(45-25-9-1-10-26-45,46-27-11-2-12-28-46)53-54(60(64,47-29-13-3-14-30-47)48-31-15-4-16-32-48)68-57(67-53)41-43-58(44-42-57)69-55(61(65,49-33-17-5-18-34-49)50-35-19-6-20-36-50)56(70-58)62(66,51-37-21-7-22-38-51)52-39-23-8-24-40-52/h1-40,53-56,63-66H,41-44H2. The second-order valence-electron chi connectivity index (χ2n) is 19.0. The third kappa shape index (κ3) is 7.64. The summed E-state index contributed by atoms with van der Waals surface area (Å²) >= 11 is 0. The van der Waals surface area contributed by atoms with Gasteiger partial charge in [-0.3, -0.25) is 0 Å². The van der Waals surface area contributed by atoms with E-state index in [2.05, 4.69) is 0 Å². The molecule has 70 heavy (non-hydrogen) atoms. The van der Waals surface area contributed by atoms with Gasteiger partial charge in [-0.05, 0) is 44.5 Å². The van der Waals surface area contributed by atoms with Crippen molar-refractivity contribution in [1.29, 1.82) is 0 Å². The van der Waals surface area contributed by atoms with Crippen molar-refractivity contribution in [2.75, 3.05) is 0 Å². The maximum Gasteiger partial charge on any atom is 0.170 e. The monoisotopic (exact) mass is 928 g/mol. The Morgan fingerprint density at radius 1 is 0.243 bits per heavy atom. The molecule has 0 amide bonds. The van der Waals surface area contributed by atoms with Crippen LogP contribution in [-0.2, 0) is 41.4 Å². The summed E-state index contributed by atoms with van der Waals surface area (Å²) in [5, 5.41) is 54.6. The van der Waals surface area contributed by atoms with Crippen molar-refractivity contribution < 1.29 is 39.4 Å². The summed E-state index contributed by atoms with van der Waals surface area (Å²) in [6.45, 7) is 0. The Morgan fingerprint density at radius 3 is 0.500 bits per heavy atom. The zero-order valence-electron chi connectivity index (χ0n) is 38.7. The summed E-state index contributed by atoms with van der Waals surface area (Å²) in [7, 11) is 0. The Balaban J connectivity index is 1.05. The third-order valence-electron chi connectivity index (χ3n) is 15.0. The van der Waals surface area contributed by atoms with Gasteiger partial charge in [-0.15, -0.1) is 0 Å². The van der Waals surface area contributed by atoms with Crippen LogP contribution in [0.25, 0.3) is 0 Å². The van der Waals surface area contributed by atoms with Crippen LogP contribution < -0.4 is 0 Å². The van der Waals surface area contributed by atoms with Crippen molar-refractivity contribution in [3.05, 3.63) is 287 Å². The van der Waals surface area contributed by atoms with Gasteiger partial charge in [-0.1, -0.05) is 243 Å². The molecule has 0 bridgehead atoms. The van der Waals surface area contributed by atoms with Crippen LogP contribution in [0.2, 0.25) is 0 Å². The molecule has 3 fully saturated rings. The molecule has 3 aliphatic rings.